The van der Waals surface area contributed by atoms with Crippen LogP contribution in [0.4, 0.5) is 11.6 Å². The van der Waals surface area contributed by atoms with Crippen LogP contribution in [0.25, 0.3) is 5.82 Å². The highest BCUT2D eigenvalue weighted by Crippen LogP contribution is 2.30. The van der Waals surface area contributed by atoms with E-state index in [2.05, 4.69) is 10.1 Å². The van der Waals surface area contributed by atoms with Gasteiger partial charge in [0.1, 0.15) is 5.82 Å². The molecule has 0 bridgehead atoms. The first-order valence-corrected chi connectivity index (χ1v) is 7.96. The fraction of sp³-hybridized carbons (Fsp3) is 0.333. The number of nitrogens with two attached hydrogens (primary N) is 1. The monoisotopic (exact) mass is 295 g/mol. The van der Waals surface area contributed by atoms with Gasteiger partial charge < -0.3 is 10.6 Å². The molecule has 2 heterocycles. The molecule has 0 aliphatic rings. The third kappa shape index (κ3) is 2.46. The largest absolute Gasteiger partial charge is 0.382 e. The van der Waals surface area contributed by atoms with Crippen molar-refractivity contribution in [2.75, 3.05) is 30.5 Å². The molecule has 2 N–H and O–H groups in total. The molecule has 0 saturated carbocycles. The number of anilines is 2. The summed E-state index contributed by atoms with van der Waals surface area (Å²) in [7, 11) is -1.72. The second kappa shape index (κ2) is 5.12. The summed E-state index contributed by atoms with van der Waals surface area (Å²) in [5.41, 5.74) is 5.97. The Labute approximate surface area is 118 Å². The van der Waals surface area contributed by atoms with Gasteiger partial charge in [-0.05, 0) is 19.1 Å². The van der Waals surface area contributed by atoms with Crippen LogP contribution < -0.4 is 10.6 Å². The summed E-state index contributed by atoms with van der Waals surface area (Å²) in [6.07, 6.45) is 2.72. The number of rotatable bonds is 4. The topological polar surface area (TPSA) is 94.1 Å². The van der Waals surface area contributed by atoms with E-state index in [0.29, 0.717) is 18.2 Å². The van der Waals surface area contributed by atoms with Gasteiger partial charge in [-0.1, -0.05) is 6.07 Å². The number of sulfone groups is 1. The summed E-state index contributed by atoms with van der Waals surface area (Å²) in [4.78, 5) is 5.90. The van der Waals surface area contributed by atoms with E-state index in [-0.39, 0.29) is 10.7 Å². The van der Waals surface area contributed by atoms with Crippen molar-refractivity contribution in [3.63, 3.8) is 0 Å². The molecule has 0 unspecified atom stereocenters. The molecule has 0 saturated heterocycles. The number of pyridine rings is 1. The summed E-state index contributed by atoms with van der Waals surface area (Å²) in [6, 6.07) is 5.26. The molecule has 7 nitrogen and oxygen atoms in total. The SMILES string of the molecule is CCN(C)c1nn(-c2ccccn2)c(N)c1S(C)(=O)=O. The Morgan fingerprint density at radius 2 is 2.10 bits per heavy atom. The maximum absolute atomic E-state index is 12.0. The van der Waals surface area contributed by atoms with Crippen molar-refractivity contribution in [3.8, 4) is 5.82 Å². The molecule has 0 fully saturated rings. The second-order valence-corrected chi connectivity index (χ2v) is 6.38. The third-order valence-corrected chi connectivity index (χ3v) is 4.06. The van der Waals surface area contributed by atoms with Crippen molar-refractivity contribution in [2.45, 2.75) is 11.8 Å². The molecule has 0 atom stereocenters. The standard InChI is InChI=1S/C12H17N5O2S/c1-4-16(2)12-10(20(3,18)19)11(13)17(15-12)9-7-5-6-8-14-9/h5-8H,4,13H2,1-3H3. The van der Waals surface area contributed by atoms with Crippen molar-refractivity contribution in [1.82, 2.24) is 14.8 Å². The molecule has 108 valence electrons. The molecule has 0 aliphatic carbocycles. The number of aromatic nitrogens is 3. The average Bonchev–Trinajstić information content (AvgIpc) is 2.76. The van der Waals surface area contributed by atoms with Crippen LogP contribution in [0.3, 0.4) is 0 Å². The van der Waals surface area contributed by atoms with Gasteiger partial charge in [-0.15, -0.1) is 5.10 Å². The Bertz CT molecular complexity index is 709. The lowest BCUT2D eigenvalue weighted by Crippen LogP contribution is -2.19. The molecule has 8 heteroatoms. The van der Waals surface area contributed by atoms with Gasteiger partial charge >= 0.3 is 0 Å². The maximum Gasteiger partial charge on any atom is 0.182 e. The molecule has 0 aliphatic heterocycles. The van der Waals surface area contributed by atoms with Crippen LogP contribution >= 0.6 is 0 Å². The van der Waals surface area contributed by atoms with Crippen molar-refractivity contribution in [3.05, 3.63) is 24.4 Å². The van der Waals surface area contributed by atoms with E-state index in [4.69, 9.17) is 5.73 Å². The minimum absolute atomic E-state index is 0.0347. The molecule has 0 aromatic carbocycles. The quantitative estimate of drug-likeness (QED) is 0.892. The van der Waals surface area contributed by atoms with E-state index in [1.165, 1.54) is 4.68 Å². The van der Waals surface area contributed by atoms with E-state index in [1.54, 1.807) is 36.3 Å². The molecule has 20 heavy (non-hydrogen) atoms. The Morgan fingerprint density at radius 1 is 1.40 bits per heavy atom. The molecule has 2 rings (SSSR count). The molecule has 2 aromatic rings. The number of hydrogen-bond acceptors (Lipinski definition) is 6. The Hall–Kier alpha value is -2.09. The van der Waals surface area contributed by atoms with Gasteiger partial charge in [0.05, 0.1) is 0 Å². The predicted octanol–water partition coefficient (Wildman–Crippen LogP) is 0.709. The zero-order valence-corrected chi connectivity index (χ0v) is 12.4. The lowest BCUT2D eigenvalue weighted by atomic mass is 10.4. The smallest absolute Gasteiger partial charge is 0.182 e. The molecule has 2 aromatic heterocycles. The predicted molar refractivity (Wildman–Crippen MR) is 77.8 cm³/mol. The Kier molecular flexibility index (Phi) is 3.67. The minimum Gasteiger partial charge on any atom is -0.382 e. The van der Waals surface area contributed by atoms with Gasteiger partial charge in [-0.25, -0.2) is 13.4 Å². The van der Waals surface area contributed by atoms with Crippen LogP contribution in [0.2, 0.25) is 0 Å². The van der Waals surface area contributed by atoms with Crippen molar-refractivity contribution in [1.29, 1.82) is 0 Å². The van der Waals surface area contributed by atoms with Gasteiger partial charge in [0, 0.05) is 26.0 Å². The first-order valence-electron chi connectivity index (χ1n) is 6.07. The number of hydrogen-bond donors (Lipinski definition) is 1. The highest BCUT2D eigenvalue weighted by atomic mass is 32.2. The molecule has 0 spiro atoms. The Morgan fingerprint density at radius 3 is 2.60 bits per heavy atom. The van der Waals surface area contributed by atoms with Crippen LogP contribution in [-0.2, 0) is 9.84 Å². The van der Waals surface area contributed by atoms with Gasteiger partial charge in [0.2, 0.25) is 0 Å². The van der Waals surface area contributed by atoms with Crippen LogP contribution in [0.15, 0.2) is 29.3 Å². The zero-order chi connectivity index (χ0) is 14.9. The number of nitrogens with zero attached hydrogens (tertiary/aromatic N) is 4. The van der Waals surface area contributed by atoms with Gasteiger partial charge in [0.25, 0.3) is 0 Å². The van der Waals surface area contributed by atoms with Crippen molar-refractivity contribution < 1.29 is 8.42 Å². The maximum atomic E-state index is 12.0. The fourth-order valence-corrected chi connectivity index (χ4v) is 2.81. The summed E-state index contributed by atoms with van der Waals surface area (Å²) >= 11 is 0. The number of nitrogen functional groups attached to an aromatic ring is 1. The molecular weight excluding hydrogens is 278 g/mol. The summed E-state index contributed by atoms with van der Waals surface area (Å²) in [6.45, 7) is 2.52. The highest BCUT2D eigenvalue weighted by Gasteiger charge is 2.26. The molecule has 0 amide bonds. The van der Waals surface area contributed by atoms with Crippen molar-refractivity contribution >= 4 is 21.5 Å². The van der Waals surface area contributed by atoms with E-state index in [9.17, 15) is 8.42 Å². The zero-order valence-electron chi connectivity index (χ0n) is 11.6. The van der Waals surface area contributed by atoms with Crippen LogP contribution in [-0.4, -0.2) is 43.0 Å². The van der Waals surface area contributed by atoms with E-state index in [1.807, 2.05) is 6.92 Å². The second-order valence-electron chi connectivity index (χ2n) is 4.42. The van der Waals surface area contributed by atoms with Gasteiger partial charge in [-0.3, -0.25) is 0 Å². The van der Waals surface area contributed by atoms with E-state index in [0.717, 1.165) is 6.26 Å². The highest BCUT2D eigenvalue weighted by molar-refractivity contribution is 7.91. The van der Waals surface area contributed by atoms with Crippen LogP contribution in [0, 0.1) is 0 Å². The van der Waals surface area contributed by atoms with Gasteiger partial charge in [0.15, 0.2) is 26.4 Å². The fourth-order valence-electron chi connectivity index (χ4n) is 1.81. The summed E-state index contributed by atoms with van der Waals surface area (Å²) in [5, 5.41) is 4.29. The Balaban J connectivity index is 2.72. The first-order chi connectivity index (χ1) is 9.36. The minimum atomic E-state index is -3.48. The lowest BCUT2D eigenvalue weighted by molar-refractivity contribution is 0.602. The normalized spacial score (nSPS) is 11.6. The summed E-state index contributed by atoms with van der Waals surface area (Å²) < 4.78 is 25.3. The van der Waals surface area contributed by atoms with Crippen molar-refractivity contribution in [2.24, 2.45) is 0 Å². The molecular formula is C12H17N5O2S. The van der Waals surface area contributed by atoms with Crippen LogP contribution in [0.5, 0.6) is 0 Å². The lowest BCUT2D eigenvalue weighted by Gasteiger charge is -2.14. The third-order valence-electron chi connectivity index (χ3n) is 2.93. The average molecular weight is 295 g/mol. The summed E-state index contributed by atoms with van der Waals surface area (Å²) in [5.74, 6) is 0.880. The molecule has 0 radical (unpaired) electrons. The van der Waals surface area contributed by atoms with E-state index >= 15 is 0 Å². The van der Waals surface area contributed by atoms with Crippen LogP contribution in [0.1, 0.15) is 6.92 Å². The van der Waals surface area contributed by atoms with E-state index < -0.39 is 9.84 Å². The van der Waals surface area contributed by atoms with Gasteiger partial charge in [-0.2, -0.15) is 4.68 Å². The first kappa shape index (κ1) is 14.3.